The largest absolute Gasteiger partial charge is 0.459 e. The highest BCUT2D eigenvalue weighted by atomic mass is 16.3. The summed E-state index contributed by atoms with van der Waals surface area (Å²) < 4.78 is 5.07. The Hall–Kier alpha value is -3.67. The maximum atomic E-state index is 12.3. The normalized spacial score (nSPS) is 18.2. The van der Waals surface area contributed by atoms with Crippen LogP contribution in [0.5, 0.6) is 0 Å². The fourth-order valence-electron chi connectivity index (χ4n) is 3.24. The monoisotopic (exact) mass is 387 g/mol. The second-order valence-electron chi connectivity index (χ2n) is 7.04. The van der Waals surface area contributed by atoms with Crippen LogP contribution in [0.1, 0.15) is 40.9 Å². The van der Waals surface area contributed by atoms with E-state index in [9.17, 15) is 9.59 Å². The molecule has 1 heterocycles. The van der Waals surface area contributed by atoms with Crippen molar-refractivity contribution in [2.75, 3.05) is 5.32 Å². The molecule has 0 spiro atoms. The zero-order valence-electron chi connectivity index (χ0n) is 16.0. The van der Waals surface area contributed by atoms with Crippen molar-refractivity contribution in [3.05, 3.63) is 89.9 Å². The van der Waals surface area contributed by atoms with E-state index in [1.165, 1.54) is 11.8 Å². The third-order valence-electron chi connectivity index (χ3n) is 4.99. The van der Waals surface area contributed by atoms with Crippen LogP contribution < -0.4 is 10.7 Å². The number of hydrogen-bond acceptors (Lipinski definition) is 4. The summed E-state index contributed by atoms with van der Waals surface area (Å²) in [4.78, 5) is 24.3. The summed E-state index contributed by atoms with van der Waals surface area (Å²) in [6.45, 7) is 1.83. The molecule has 2 N–H and O–H groups in total. The summed E-state index contributed by atoms with van der Waals surface area (Å²) in [6.07, 6.45) is 2.31. The molecule has 1 aliphatic carbocycles. The van der Waals surface area contributed by atoms with Crippen molar-refractivity contribution in [2.45, 2.75) is 19.3 Å². The van der Waals surface area contributed by atoms with Crippen LogP contribution in [-0.4, -0.2) is 17.5 Å². The maximum absolute atomic E-state index is 12.3. The Morgan fingerprint density at radius 1 is 1.00 bits per heavy atom. The molecule has 6 heteroatoms. The Balaban J connectivity index is 1.32. The summed E-state index contributed by atoms with van der Waals surface area (Å²) in [7, 11) is 0. The highest BCUT2D eigenvalue weighted by Crippen LogP contribution is 2.47. The minimum absolute atomic E-state index is 0.0202. The molecule has 2 amide bonds. The van der Waals surface area contributed by atoms with Gasteiger partial charge in [-0.15, -0.1) is 0 Å². The lowest BCUT2D eigenvalue weighted by molar-refractivity contribution is -0.122. The molecule has 6 nitrogen and oxygen atoms in total. The molecule has 2 atom stereocenters. The number of hydrazone groups is 1. The van der Waals surface area contributed by atoms with E-state index >= 15 is 0 Å². The van der Waals surface area contributed by atoms with Gasteiger partial charge in [-0.2, -0.15) is 5.10 Å². The second-order valence-corrected chi connectivity index (χ2v) is 7.04. The van der Waals surface area contributed by atoms with E-state index in [-0.39, 0.29) is 29.4 Å². The molecule has 0 saturated heterocycles. The van der Waals surface area contributed by atoms with Crippen molar-refractivity contribution in [2.24, 2.45) is 11.0 Å². The van der Waals surface area contributed by atoms with Gasteiger partial charge in [0.2, 0.25) is 5.91 Å². The fraction of sp³-hybridized carbons (Fsp3) is 0.174. The van der Waals surface area contributed by atoms with E-state index in [0.717, 1.165) is 12.0 Å². The highest BCUT2D eigenvalue weighted by molar-refractivity contribution is 6.03. The van der Waals surface area contributed by atoms with Crippen LogP contribution >= 0.6 is 0 Å². The van der Waals surface area contributed by atoms with Crippen LogP contribution in [0.15, 0.2) is 82.5 Å². The van der Waals surface area contributed by atoms with E-state index in [0.29, 0.717) is 11.4 Å². The van der Waals surface area contributed by atoms with Gasteiger partial charge in [0.15, 0.2) is 5.76 Å². The Kier molecular flexibility index (Phi) is 5.24. The van der Waals surface area contributed by atoms with Crippen molar-refractivity contribution in [3.63, 3.8) is 0 Å². The Morgan fingerprint density at radius 3 is 2.45 bits per heavy atom. The molecule has 2 aromatic carbocycles. The minimum Gasteiger partial charge on any atom is -0.459 e. The van der Waals surface area contributed by atoms with Gasteiger partial charge in [0.25, 0.3) is 5.91 Å². The summed E-state index contributed by atoms with van der Waals surface area (Å²) >= 11 is 0. The lowest BCUT2D eigenvalue weighted by Crippen LogP contribution is -2.21. The number of benzene rings is 2. The lowest BCUT2D eigenvalue weighted by Gasteiger charge is -2.06. The molecular formula is C23H21N3O3. The Bertz CT molecular complexity index is 1020. The average Bonchev–Trinajstić information content (AvgIpc) is 3.37. The van der Waals surface area contributed by atoms with Gasteiger partial charge in [-0.05, 0) is 54.7 Å². The van der Waals surface area contributed by atoms with E-state index in [4.69, 9.17) is 4.42 Å². The molecule has 1 fully saturated rings. The first-order valence-corrected chi connectivity index (χ1v) is 9.46. The smallest absolute Gasteiger partial charge is 0.291 e. The van der Waals surface area contributed by atoms with Gasteiger partial charge in [-0.3, -0.25) is 9.59 Å². The van der Waals surface area contributed by atoms with Crippen molar-refractivity contribution < 1.29 is 14.0 Å². The standard InChI is InChI=1S/C23H21N3O3/c1-15(25-26-22(27)20-14-19(20)17-6-3-2-4-7-17)16-9-11-18(12-10-16)24-23(28)21-8-5-13-29-21/h2-13,19-20H,14H2,1H3,(H,24,28)(H,26,27)/b25-15-/t19-,20-/m1/s1. The fourth-order valence-corrected chi connectivity index (χ4v) is 3.24. The number of nitrogens with zero attached hydrogens (tertiary/aromatic N) is 1. The summed E-state index contributed by atoms with van der Waals surface area (Å²) in [5, 5.41) is 6.99. The molecule has 4 rings (SSSR count). The molecule has 1 saturated carbocycles. The van der Waals surface area contributed by atoms with Gasteiger partial charge in [0.1, 0.15) is 0 Å². The third-order valence-corrected chi connectivity index (χ3v) is 4.99. The SMILES string of the molecule is C/C(=N/NC(=O)[C@@H]1C[C@@H]1c1ccccc1)c1ccc(NC(=O)c2ccco2)cc1. The first-order valence-electron chi connectivity index (χ1n) is 9.46. The Morgan fingerprint density at radius 2 is 1.76 bits per heavy atom. The third kappa shape index (κ3) is 4.43. The van der Waals surface area contributed by atoms with Crippen LogP contribution in [0.2, 0.25) is 0 Å². The molecule has 1 aliphatic rings. The van der Waals surface area contributed by atoms with Crippen molar-refractivity contribution >= 4 is 23.2 Å². The van der Waals surface area contributed by atoms with Crippen LogP contribution in [0.25, 0.3) is 0 Å². The average molecular weight is 387 g/mol. The zero-order chi connectivity index (χ0) is 20.2. The summed E-state index contributed by atoms with van der Waals surface area (Å²) in [5.41, 5.74) is 6.07. The lowest BCUT2D eigenvalue weighted by atomic mass is 10.1. The first-order chi connectivity index (χ1) is 14.1. The van der Waals surface area contributed by atoms with E-state index in [1.54, 1.807) is 24.3 Å². The number of hydrogen-bond donors (Lipinski definition) is 2. The van der Waals surface area contributed by atoms with Crippen LogP contribution in [0.4, 0.5) is 5.69 Å². The quantitative estimate of drug-likeness (QED) is 0.492. The van der Waals surface area contributed by atoms with Gasteiger partial charge in [-0.1, -0.05) is 42.5 Å². The zero-order valence-corrected chi connectivity index (χ0v) is 16.0. The van der Waals surface area contributed by atoms with Crippen LogP contribution in [-0.2, 0) is 4.79 Å². The number of carbonyl (C=O) groups is 2. The number of furan rings is 1. The summed E-state index contributed by atoms with van der Waals surface area (Å²) in [5.74, 6) is 0.152. The minimum atomic E-state index is -0.308. The number of amides is 2. The van der Waals surface area contributed by atoms with E-state index in [2.05, 4.69) is 28.0 Å². The first kappa shape index (κ1) is 18.7. The molecule has 0 unspecified atom stereocenters. The van der Waals surface area contributed by atoms with E-state index < -0.39 is 0 Å². The second kappa shape index (κ2) is 8.14. The van der Waals surface area contributed by atoms with Gasteiger partial charge >= 0.3 is 0 Å². The molecule has 29 heavy (non-hydrogen) atoms. The van der Waals surface area contributed by atoms with Crippen molar-refractivity contribution in [1.82, 2.24) is 5.43 Å². The molecule has 0 radical (unpaired) electrons. The highest BCUT2D eigenvalue weighted by Gasteiger charge is 2.43. The molecule has 0 bridgehead atoms. The Labute approximate surface area is 168 Å². The molecular weight excluding hydrogens is 366 g/mol. The van der Waals surface area contributed by atoms with Gasteiger partial charge in [-0.25, -0.2) is 5.43 Å². The van der Waals surface area contributed by atoms with Crippen molar-refractivity contribution in [3.8, 4) is 0 Å². The van der Waals surface area contributed by atoms with Gasteiger partial charge < -0.3 is 9.73 Å². The number of rotatable bonds is 6. The van der Waals surface area contributed by atoms with Crippen molar-refractivity contribution in [1.29, 1.82) is 0 Å². The predicted octanol–water partition coefficient (Wildman–Crippen LogP) is 4.18. The predicted molar refractivity (Wildman–Crippen MR) is 111 cm³/mol. The van der Waals surface area contributed by atoms with E-state index in [1.807, 2.05) is 37.3 Å². The number of anilines is 1. The summed E-state index contributed by atoms with van der Waals surface area (Å²) in [6, 6.07) is 20.6. The van der Waals surface area contributed by atoms with Gasteiger partial charge in [0.05, 0.1) is 12.0 Å². The topological polar surface area (TPSA) is 83.7 Å². The molecule has 0 aliphatic heterocycles. The maximum Gasteiger partial charge on any atom is 0.291 e. The number of nitrogens with one attached hydrogen (secondary N) is 2. The van der Waals surface area contributed by atoms with Crippen LogP contribution in [0, 0.1) is 5.92 Å². The van der Waals surface area contributed by atoms with Gasteiger partial charge in [0, 0.05) is 11.6 Å². The molecule has 3 aromatic rings. The molecule has 1 aromatic heterocycles. The number of carbonyl (C=O) groups excluding carboxylic acids is 2. The van der Waals surface area contributed by atoms with Crippen LogP contribution in [0.3, 0.4) is 0 Å². The molecule has 146 valence electrons.